The van der Waals surface area contributed by atoms with Gasteiger partial charge in [0.15, 0.2) is 11.7 Å². The molecular weight excluding hydrogens is 445 g/mol. The molecular formula is C18H34IN5O2. The fourth-order valence-corrected chi connectivity index (χ4v) is 2.49. The zero-order valence-electron chi connectivity index (χ0n) is 16.6. The molecule has 0 aromatic carbocycles. The van der Waals surface area contributed by atoms with Crippen molar-refractivity contribution in [2.75, 3.05) is 13.1 Å². The molecule has 0 aliphatic heterocycles. The van der Waals surface area contributed by atoms with Crippen molar-refractivity contribution in [2.45, 2.75) is 72.4 Å². The predicted molar refractivity (Wildman–Crippen MR) is 116 cm³/mol. The summed E-state index contributed by atoms with van der Waals surface area (Å²) in [7, 11) is 0. The highest BCUT2D eigenvalue weighted by molar-refractivity contribution is 14.0. The van der Waals surface area contributed by atoms with Gasteiger partial charge >= 0.3 is 0 Å². The fourth-order valence-electron chi connectivity index (χ4n) is 2.49. The van der Waals surface area contributed by atoms with E-state index in [1.807, 2.05) is 26.8 Å². The van der Waals surface area contributed by atoms with Crippen LogP contribution in [-0.2, 0) is 11.3 Å². The van der Waals surface area contributed by atoms with Crippen LogP contribution in [0.15, 0.2) is 15.6 Å². The molecule has 0 saturated carbocycles. The van der Waals surface area contributed by atoms with Gasteiger partial charge in [-0.1, -0.05) is 19.0 Å². The van der Waals surface area contributed by atoms with Crippen molar-refractivity contribution in [2.24, 2.45) is 4.99 Å². The molecule has 1 rings (SSSR count). The van der Waals surface area contributed by atoms with Gasteiger partial charge in [0.25, 0.3) is 0 Å². The van der Waals surface area contributed by atoms with Crippen LogP contribution in [0.5, 0.6) is 0 Å². The number of aliphatic imine (C=N–C) groups is 1. The monoisotopic (exact) mass is 479 g/mol. The number of carbonyl (C=O) groups excluding carboxylic acids is 1. The van der Waals surface area contributed by atoms with E-state index in [-0.39, 0.29) is 35.9 Å². The van der Waals surface area contributed by atoms with Crippen molar-refractivity contribution in [3.05, 3.63) is 17.5 Å². The summed E-state index contributed by atoms with van der Waals surface area (Å²) in [6, 6.07) is 2.14. The van der Waals surface area contributed by atoms with Gasteiger partial charge in [0, 0.05) is 37.5 Å². The van der Waals surface area contributed by atoms with E-state index in [0.29, 0.717) is 31.4 Å². The Morgan fingerprint density at radius 3 is 2.50 bits per heavy atom. The Morgan fingerprint density at radius 2 is 1.92 bits per heavy atom. The molecule has 8 heteroatoms. The molecule has 26 heavy (non-hydrogen) atoms. The molecule has 1 aromatic heterocycles. The summed E-state index contributed by atoms with van der Waals surface area (Å²) in [5.74, 6) is 1.88. The first-order valence-electron chi connectivity index (χ1n) is 9.27. The molecule has 0 saturated heterocycles. The lowest BCUT2D eigenvalue weighted by molar-refractivity contribution is -0.121. The summed E-state index contributed by atoms with van der Waals surface area (Å²) in [6.07, 6.45) is 2.51. The van der Waals surface area contributed by atoms with Crippen molar-refractivity contribution in [1.29, 1.82) is 0 Å². The second-order valence-electron chi connectivity index (χ2n) is 6.33. The average molecular weight is 479 g/mol. The Balaban J connectivity index is 0.00000625. The molecule has 0 atom stereocenters. The van der Waals surface area contributed by atoms with E-state index in [1.54, 1.807) is 0 Å². The maximum absolute atomic E-state index is 11.7. The SMILES string of the molecule is CCNC(=NCc1cc(C(CC)CC)no1)NCCC(=O)NC(C)C.I. The highest BCUT2D eigenvalue weighted by Crippen LogP contribution is 2.22. The molecule has 3 N–H and O–H groups in total. The molecule has 0 bridgehead atoms. The summed E-state index contributed by atoms with van der Waals surface area (Å²) < 4.78 is 5.39. The topological polar surface area (TPSA) is 91.6 Å². The van der Waals surface area contributed by atoms with Gasteiger partial charge in [0.05, 0.1) is 5.69 Å². The Bertz CT molecular complexity index is 541. The van der Waals surface area contributed by atoms with Gasteiger partial charge in [-0.3, -0.25) is 4.79 Å². The van der Waals surface area contributed by atoms with Gasteiger partial charge in [0.2, 0.25) is 5.91 Å². The third-order valence-corrected chi connectivity index (χ3v) is 3.81. The number of nitrogens with zero attached hydrogens (tertiary/aromatic N) is 2. The molecule has 0 aliphatic rings. The lowest BCUT2D eigenvalue weighted by Gasteiger charge is -2.12. The van der Waals surface area contributed by atoms with Gasteiger partial charge in [0.1, 0.15) is 6.54 Å². The normalized spacial score (nSPS) is 11.4. The quantitative estimate of drug-likeness (QED) is 0.273. The fraction of sp³-hybridized carbons (Fsp3) is 0.722. The van der Waals surface area contributed by atoms with Crippen molar-refractivity contribution in [3.8, 4) is 0 Å². The van der Waals surface area contributed by atoms with Gasteiger partial charge in [-0.25, -0.2) is 4.99 Å². The Morgan fingerprint density at radius 1 is 1.23 bits per heavy atom. The minimum Gasteiger partial charge on any atom is -0.359 e. The van der Waals surface area contributed by atoms with Gasteiger partial charge in [-0.2, -0.15) is 0 Å². The molecule has 7 nitrogen and oxygen atoms in total. The number of aromatic nitrogens is 1. The smallest absolute Gasteiger partial charge is 0.221 e. The van der Waals surface area contributed by atoms with E-state index >= 15 is 0 Å². The standard InChI is InChI=1S/C18H33N5O2.HI/c1-6-14(7-2)16-11-15(25-23-16)12-21-18(19-8-3)20-10-9-17(24)22-13(4)5;/h11,13-14H,6-10,12H2,1-5H3,(H,22,24)(H2,19,20,21);1H. The minimum atomic E-state index is 0. The predicted octanol–water partition coefficient (Wildman–Crippen LogP) is 3.17. The maximum atomic E-state index is 11.7. The van der Waals surface area contributed by atoms with E-state index in [2.05, 4.69) is 39.9 Å². The number of rotatable bonds is 10. The lowest BCUT2D eigenvalue weighted by Crippen LogP contribution is -2.40. The van der Waals surface area contributed by atoms with Crippen LogP contribution in [0.25, 0.3) is 0 Å². The maximum Gasteiger partial charge on any atom is 0.221 e. The van der Waals surface area contributed by atoms with Crippen molar-refractivity contribution in [1.82, 2.24) is 21.1 Å². The van der Waals surface area contributed by atoms with Crippen LogP contribution in [0, 0.1) is 0 Å². The van der Waals surface area contributed by atoms with Gasteiger partial charge in [-0.05, 0) is 33.6 Å². The van der Waals surface area contributed by atoms with Crippen molar-refractivity contribution in [3.63, 3.8) is 0 Å². The van der Waals surface area contributed by atoms with Crippen LogP contribution < -0.4 is 16.0 Å². The second-order valence-corrected chi connectivity index (χ2v) is 6.33. The summed E-state index contributed by atoms with van der Waals surface area (Å²) >= 11 is 0. The largest absolute Gasteiger partial charge is 0.359 e. The van der Waals surface area contributed by atoms with Gasteiger partial charge < -0.3 is 20.5 Å². The first kappa shape index (κ1) is 24.7. The number of hydrogen-bond acceptors (Lipinski definition) is 4. The zero-order chi connectivity index (χ0) is 18.7. The zero-order valence-corrected chi connectivity index (χ0v) is 18.9. The summed E-state index contributed by atoms with van der Waals surface area (Å²) in [5, 5.41) is 13.4. The van der Waals surface area contributed by atoms with Crippen LogP contribution in [0.4, 0.5) is 0 Å². The molecule has 150 valence electrons. The molecule has 1 amide bonds. The van der Waals surface area contributed by atoms with Crippen LogP contribution in [0.1, 0.15) is 71.3 Å². The molecule has 0 aliphatic carbocycles. The van der Waals surface area contributed by atoms with E-state index in [1.165, 1.54) is 0 Å². The van der Waals surface area contributed by atoms with Crippen molar-refractivity contribution >= 4 is 35.8 Å². The molecule has 1 heterocycles. The number of guanidine groups is 1. The van der Waals surface area contributed by atoms with E-state index < -0.39 is 0 Å². The summed E-state index contributed by atoms with van der Waals surface area (Å²) in [4.78, 5) is 16.2. The first-order valence-corrected chi connectivity index (χ1v) is 9.27. The number of halogens is 1. The van der Waals surface area contributed by atoms with Crippen LogP contribution in [0.2, 0.25) is 0 Å². The number of hydrogen-bond donors (Lipinski definition) is 3. The Kier molecular flexibility index (Phi) is 13.1. The molecule has 0 unspecified atom stereocenters. The molecule has 0 fully saturated rings. The number of carbonyl (C=O) groups is 1. The summed E-state index contributed by atoms with van der Waals surface area (Å²) in [6.45, 7) is 11.9. The average Bonchev–Trinajstić information content (AvgIpc) is 3.02. The van der Waals surface area contributed by atoms with E-state index in [4.69, 9.17) is 4.52 Å². The minimum absolute atomic E-state index is 0. The van der Waals surface area contributed by atoms with Crippen LogP contribution in [0.3, 0.4) is 0 Å². The van der Waals surface area contributed by atoms with Crippen molar-refractivity contribution < 1.29 is 9.32 Å². The lowest BCUT2D eigenvalue weighted by atomic mass is 9.99. The number of nitrogens with one attached hydrogen (secondary N) is 3. The van der Waals surface area contributed by atoms with E-state index in [0.717, 1.165) is 30.8 Å². The van der Waals surface area contributed by atoms with Crippen LogP contribution in [-0.4, -0.2) is 36.2 Å². The molecule has 1 aromatic rings. The molecule has 0 radical (unpaired) electrons. The third kappa shape index (κ3) is 9.40. The summed E-state index contributed by atoms with van der Waals surface area (Å²) in [5.41, 5.74) is 0.999. The van der Waals surface area contributed by atoms with Crippen LogP contribution >= 0.6 is 24.0 Å². The third-order valence-electron chi connectivity index (χ3n) is 3.81. The molecule has 0 spiro atoms. The first-order chi connectivity index (χ1) is 12.0. The van der Waals surface area contributed by atoms with Gasteiger partial charge in [-0.15, -0.1) is 24.0 Å². The highest BCUT2D eigenvalue weighted by atomic mass is 127. The van der Waals surface area contributed by atoms with E-state index in [9.17, 15) is 4.79 Å². The Labute approximate surface area is 174 Å². The second kappa shape index (κ2) is 13.8. The number of amides is 1. The Hall–Kier alpha value is -1.32. The highest BCUT2D eigenvalue weighted by Gasteiger charge is 2.12.